The molecule has 2 aliphatic rings. The Labute approximate surface area is 142 Å². The summed E-state index contributed by atoms with van der Waals surface area (Å²) in [7, 11) is 0. The monoisotopic (exact) mass is 332 g/mol. The molecule has 2 saturated heterocycles. The van der Waals surface area contributed by atoms with Crippen molar-refractivity contribution in [1.82, 2.24) is 9.80 Å². The smallest absolute Gasteiger partial charge is 0.253 e. The molecule has 5 heteroatoms. The van der Waals surface area contributed by atoms with Gasteiger partial charge in [-0.05, 0) is 5.56 Å². The fourth-order valence-corrected chi connectivity index (χ4v) is 3.81. The van der Waals surface area contributed by atoms with Crippen LogP contribution in [0.2, 0.25) is 0 Å². The molecule has 4 nitrogen and oxygen atoms in total. The first-order chi connectivity index (χ1) is 11.3. The Morgan fingerprint density at radius 2 is 2.00 bits per heavy atom. The number of morpholine rings is 1. The Bertz CT molecular complexity index is 529. The van der Waals surface area contributed by atoms with E-state index in [1.807, 2.05) is 34.9 Å². The van der Waals surface area contributed by atoms with Gasteiger partial charge in [0.25, 0.3) is 5.91 Å². The third kappa shape index (κ3) is 4.83. The van der Waals surface area contributed by atoms with Gasteiger partial charge in [0.1, 0.15) is 6.10 Å². The summed E-state index contributed by atoms with van der Waals surface area (Å²) >= 11 is 1.92. The molecule has 0 aromatic heterocycles. The van der Waals surface area contributed by atoms with E-state index in [2.05, 4.69) is 29.2 Å². The zero-order chi connectivity index (χ0) is 15.9. The van der Waals surface area contributed by atoms with E-state index in [1.165, 1.54) is 5.56 Å². The third-order valence-corrected chi connectivity index (χ3v) is 5.16. The van der Waals surface area contributed by atoms with Crippen molar-refractivity contribution in [3.05, 3.63) is 42.0 Å². The standard InChI is InChI=1S/C18H24N2O2S/c21-18(20-10-13-23-14-11-20)17-15-19(9-12-22-17)8-4-7-16-5-2-1-3-6-16/h1-7,17H,8-15H2/b7-4+. The number of benzene rings is 1. The van der Waals surface area contributed by atoms with E-state index in [-0.39, 0.29) is 12.0 Å². The number of carbonyl (C=O) groups is 1. The first kappa shape index (κ1) is 16.6. The zero-order valence-corrected chi connectivity index (χ0v) is 14.2. The largest absolute Gasteiger partial charge is 0.366 e. The lowest BCUT2D eigenvalue weighted by Gasteiger charge is -2.35. The van der Waals surface area contributed by atoms with Crippen LogP contribution in [-0.4, -0.2) is 72.6 Å². The zero-order valence-electron chi connectivity index (χ0n) is 13.4. The number of nitrogens with zero attached hydrogens (tertiary/aromatic N) is 2. The van der Waals surface area contributed by atoms with Gasteiger partial charge in [-0.3, -0.25) is 9.69 Å². The normalized spacial score (nSPS) is 23.3. The molecule has 1 aromatic carbocycles. The molecule has 2 fully saturated rings. The number of carbonyl (C=O) groups excluding carboxylic acids is 1. The fraction of sp³-hybridized carbons (Fsp3) is 0.500. The maximum atomic E-state index is 12.5. The van der Waals surface area contributed by atoms with Gasteiger partial charge in [-0.1, -0.05) is 42.5 Å². The number of ether oxygens (including phenoxy) is 1. The minimum absolute atomic E-state index is 0.169. The molecular formula is C18H24N2O2S. The molecule has 1 amide bonds. The van der Waals surface area contributed by atoms with Crippen molar-refractivity contribution in [2.45, 2.75) is 6.10 Å². The van der Waals surface area contributed by atoms with Gasteiger partial charge in [0, 0.05) is 44.2 Å². The Morgan fingerprint density at radius 1 is 1.22 bits per heavy atom. The first-order valence-electron chi connectivity index (χ1n) is 8.25. The van der Waals surface area contributed by atoms with E-state index in [9.17, 15) is 4.79 Å². The number of hydrogen-bond donors (Lipinski definition) is 0. The van der Waals surface area contributed by atoms with Gasteiger partial charge in [0.15, 0.2) is 0 Å². The van der Waals surface area contributed by atoms with Crippen molar-refractivity contribution in [2.75, 3.05) is 50.8 Å². The van der Waals surface area contributed by atoms with E-state index in [0.717, 1.165) is 37.7 Å². The van der Waals surface area contributed by atoms with Crippen LogP contribution in [0, 0.1) is 0 Å². The Morgan fingerprint density at radius 3 is 2.78 bits per heavy atom. The second-order valence-corrected chi connectivity index (χ2v) is 7.09. The predicted octanol–water partition coefficient (Wildman–Crippen LogP) is 1.98. The minimum Gasteiger partial charge on any atom is -0.366 e. The summed E-state index contributed by atoms with van der Waals surface area (Å²) in [4.78, 5) is 16.8. The van der Waals surface area contributed by atoms with Gasteiger partial charge in [0.2, 0.25) is 0 Å². The Balaban J connectivity index is 1.49. The molecule has 1 aromatic rings. The van der Waals surface area contributed by atoms with Gasteiger partial charge < -0.3 is 9.64 Å². The second kappa shape index (κ2) is 8.52. The summed E-state index contributed by atoms with van der Waals surface area (Å²) in [6.07, 6.45) is 4.01. The molecule has 124 valence electrons. The number of amides is 1. The van der Waals surface area contributed by atoms with E-state index < -0.39 is 0 Å². The summed E-state index contributed by atoms with van der Waals surface area (Å²) in [6.45, 7) is 4.80. The summed E-state index contributed by atoms with van der Waals surface area (Å²) in [5, 5.41) is 0. The molecule has 0 bridgehead atoms. The van der Waals surface area contributed by atoms with Crippen LogP contribution >= 0.6 is 11.8 Å². The average molecular weight is 332 g/mol. The highest BCUT2D eigenvalue weighted by molar-refractivity contribution is 7.99. The minimum atomic E-state index is -0.294. The Hall–Kier alpha value is -1.30. The topological polar surface area (TPSA) is 32.8 Å². The molecule has 0 N–H and O–H groups in total. The lowest BCUT2D eigenvalue weighted by atomic mass is 10.2. The van der Waals surface area contributed by atoms with Crippen LogP contribution < -0.4 is 0 Å². The van der Waals surface area contributed by atoms with Gasteiger partial charge in [0.05, 0.1) is 6.61 Å². The first-order valence-corrected chi connectivity index (χ1v) is 9.40. The molecule has 2 heterocycles. The van der Waals surface area contributed by atoms with Crippen LogP contribution in [0.3, 0.4) is 0 Å². The highest BCUT2D eigenvalue weighted by atomic mass is 32.2. The fourth-order valence-electron chi connectivity index (χ4n) is 2.91. The summed E-state index contributed by atoms with van der Waals surface area (Å²) in [6, 6.07) is 10.3. The number of rotatable bonds is 4. The highest BCUT2D eigenvalue weighted by Gasteiger charge is 2.30. The maximum Gasteiger partial charge on any atom is 0.253 e. The second-order valence-electron chi connectivity index (χ2n) is 5.87. The van der Waals surface area contributed by atoms with Crippen LogP contribution in [0.1, 0.15) is 5.56 Å². The van der Waals surface area contributed by atoms with Gasteiger partial charge >= 0.3 is 0 Å². The number of hydrogen-bond acceptors (Lipinski definition) is 4. The Kier molecular flexibility index (Phi) is 6.13. The van der Waals surface area contributed by atoms with Crippen molar-refractivity contribution in [2.24, 2.45) is 0 Å². The van der Waals surface area contributed by atoms with E-state index in [1.54, 1.807) is 0 Å². The van der Waals surface area contributed by atoms with Gasteiger partial charge in [-0.25, -0.2) is 0 Å². The lowest BCUT2D eigenvalue weighted by Crippen LogP contribution is -2.52. The van der Waals surface area contributed by atoms with Crippen molar-refractivity contribution in [3.63, 3.8) is 0 Å². The van der Waals surface area contributed by atoms with Crippen molar-refractivity contribution < 1.29 is 9.53 Å². The van der Waals surface area contributed by atoms with Crippen LogP contribution in [0.4, 0.5) is 0 Å². The van der Waals surface area contributed by atoms with Crippen LogP contribution in [-0.2, 0) is 9.53 Å². The van der Waals surface area contributed by atoms with Crippen LogP contribution in [0.15, 0.2) is 36.4 Å². The molecular weight excluding hydrogens is 308 g/mol. The van der Waals surface area contributed by atoms with Gasteiger partial charge in [-0.15, -0.1) is 0 Å². The molecule has 0 spiro atoms. The predicted molar refractivity (Wildman–Crippen MR) is 95.6 cm³/mol. The number of thioether (sulfide) groups is 1. The van der Waals surface area contributed by atoms with Crippen LogP contribution in [0.5, 0.6) is 0 Å². The molecule has 23 heavy (non-hydrogen) atoms. The van der Waals surface area contributed by atoms with Gasteiger partial charge in [-0.2, -0.15) is 11.8 Å². The van der Waals surface area contributed by atoms with Crippen molar-refractivity contribution in [1.29, 1.82) is 0 Å². The third-order valence-electron chi connectivity index (χ3n) is 4.22. The SMILES string of the molecule is O=C(C1CN(C/C=C/c2ccccc2)CCO1)N1CCSCC1. The molecule has 2 aliphatic heterocycles. The molecule has 0 aliphatic carbocycles. The maximum absolute atomic E-state index is 12.5. The molecule has 1 atom stereocenters. The highest BCUT2D eigenvalue weighted by Crippen LogP contribution is 2.14. The molecule has 0 saturated carbocycles. The summed E-state index contributed by atoms with van der Waals surface area (Å²) < 4.78 is 5.72. The quantitative estimate of drug-likeness (QED) is 0.844. The van der Waals surface area contributed by atoms with Crippen molar-refractivity contribution >= 4 is 23.7 Å². The van der Waals surface area contributed by atoms with Crippen molar-refractivity contribution in [3.8, 4) is 0 Å². The van der Waals surface area contributed by atoms with Crippen LogP contribution in [0.25, 0.3) is 6.08 Å². The lowest BCUT2D eigenvalue weighted by molar-refractivity contribution is -0.148. The average Bonchev–Trinajstić information content (AvgIpc) is 2.63. The molecule has 0 radical (unpaired) electrons. The summed E-state index contributed by atoms with van der Waals surface area (Å²) in [5.41, 5.74) is 1.21. The molecule has 1 unspecified atom stereocenters. The summed E-state index contributed by atoms with van der Waals surface area (Å²) in [5.74, 6) is 2.26. The van der Waals surface area contributed by atoms with E-state index in [4.69, 9.17) is 4.74 Å². The van der Waals surface area contributed by atoms with E-state index >= 15 is 0 Å². The molecule has 3 rings (SSSR count). The van der Waals surface area contributed by atoms with E-state index in [0.29, 0.717) is 13.2 Å².